The Labute approximate surface area is 187 Å². The van der Waals surface area contributed by atoms with Gasteiger partial charge in [-0.2, -0.15) is 15.6 Å². The number of benzene rings is 1. The lowest BCUT2D eigenvalue weighted by atomic mass is 10.1. The van der Waals surface area contributed by atoms with Gasteiger partial charge >= 0.3 is 0 Å². The van der Waals surface area contributed by atoms with Crippen LogP contribution in [0, 0.1) is 23.2 Å². The lowest BCUT2D eigenvalue weighted by Gasteiger charge is -2.11. The molecule has 9 heteroatoms. The van der Waals surface area contributed by atoms with Gasteiger partial charge in [0.25, 0.3) is 0 Å². The van der Waals surface area contributed by atoms with Crippen molar-refractivity contribution in [3.63, 3.8) is 0 Å². The van der Waals surface area contributed by atoms with E-state index in [0.717, 1.165) is 35.7 Å². The SMILES string of the molecule is CC(C)Cc1nc(CC(C)C)n(Cc2ccc(-n3c(C#N)ccc3-c3nn[nH]n3)cc2)n1. The zero-order valence-corrected chi connectivity index (χ0v) is 18.8. The molecule has 0 saturated heterocycles. The smallest absolute Gasteiger partial charge is 0.221 e. The zero-order valence-electron chi connectivity index (χ0n) is 18.8. The summed E-state index contributed by atoms with van der Waals surface area (Å²) in [5.74, 6) is 3.39. The third-order valence-electron chi connectivity index (χ3n) is 5.07. The van der Waals surface area contributed by atoms with Crippen molar-refractivity contribution in [2.24, 2.45) is 11.8 Å². The highest BCUT2D eigenvalue weighted by molar-refractivity contribution is 5.58. The quantitative estimate of drug-likeness (QED) is 0.458. The molecule has 1 aromatic carbocycles. The number of hydrogen-bond acceptors (Lipinski definition) is 6. The van der Waals surface area contributed by atoms with Crippen molar-refractivity contribution in [3.05, 3.63) is 59.3 Å². The molecule has 0 unspecified atom stereocenters. The Morgan fingerprint density at radius 3 is 2.38 bits per heavy atom. The van der Waals surface area contributed by atoms with Crippen molar-refractivity contribution in [1.82, 2.24) is 40.0 Å². The van der Waals surface area contributed by atoms with Crippen molar-refractivity contribution >= 4 is 0 Å². The van der Waals surface area contributed by atoms with Crippen molar-refractivity contribution < 1.29 is 0 Å². The number of rotatable bonds is 8. The van der Waals surface area contributed by atoms with Crippen LogP contribution in [0.2, 0.25) is 0 Å². The Morgan fingerprint density at radius 2 is 1.75 bits per heavy atom. The van der Waals surface area contributed by atoms with Gasteiger partial charge in [-0.1, -0.05) is 39.8 Å². The molecule has 32 heavy (non-hydrogen) atoms. The van der Waals surface area contributed by atoms with Crippen molar-refractivity contribution in [2.75, 3.05) is 0 Å². The van der Waals surface area contributed by atoms with Crippen molar-refractivity contribution in [1.29, 1.82) is 5.26 Å². The first-order chi connectivity index (χ1) is 15.4. The first kappa shape index (κ1) is 21.4. The molecule has 4 rings (SSSR count). The lowest BCUT2D eigenvalue weighted by molar-refractivity contribution is 0.560. The van der Waals surface area contributed by atoms with Crippen LogP contribution in [-0.2, 0) is 19.4 Å². The van der Waals surface area contributed by atoms with Gasteiger partial charge in [0.15, 0.2) is 5.82 Å². The molecule has 4 aromatic rings. The number of nitrogens with one attached hydrogen (secondary N) is 1. The van der Waals surface area contributed by atoms with E-state index < -0.39 is 0 Å². The van der Waals surface area contributed by atoms with Crippen molar-refractivity contribution in [3.8, 4) is 23.3 Å². The van der Waals surface area contributed by atoms with Gasteiger partial charge in [-0.15, -0.1) is 10.2 Å². The fourth-order valence-corrected chi connectivity index (χ4v) is 3.69. The molecule has 3 heterocycles. The first-order valence-electron chi connectivity index (χ1n) is 10.8. The van der Waals surface area contributed by atoms with E-state index in [2.05, 4.69) is 66.5 Å². The average Bonchev–Trinajstić information content (AvgIpc) is 3.48. The predicted octanol–water partition coefficient (Wildman–Crippen LogP) is 3.57. The van der Waals surface area contributed by atoms with Gasteiger partial charge in [0.1, 0.15) is 17.6 Å². The number of H-pyrrole nitrogens is 1. The highest BCUT2D eigenvalue weighted by Gasteiger charge is 2.16. The Morgan fingerprint density at radius 1 is 1.00 bits per heavy atom. The second kappa shape index (κ2) is 9.14. The molecule has 0 atom stereocenters. The molecule has 0 radical (unpaired) electrons. The van der Waals surface area contributed by atoms with Gasteiger partial charge in [0.2, 0.25) is 5.82 Å². The van der Waals surface area contributed by atoms with Gasteiger partial charge < -0.3 is 0 Å². The molecule has 0 fully saturated rings. The first-order valence-corrected chi connectivity index (χ1v) is 10.8. The molecule has 0 amide bonds. The summed E-state index contributed by atoms with van der Waals surface area (Å²) in [7, 11) is 0. The van der Waals surface area contributed by atoms with E-state index in [9.17, 15) is 5.26 Å². The highest BCUT2D eigenvalue weighted by atomic mass is 15.5. The van der Waals surface area contributed by atoms with Crippen LogP contribution in [0.4, 0.5) is 0 Å². The second-order valence-electron chi connectivity index (χ2n) is 8.75. The largest absolute Gasteiger partial charge is 0.298 e. The Hall–Kier alpha value is -3.80. The number of aromatic amines is 1. The summed E-state index contributed by atoms with van der Waals surface area (Å²) in [4.78, 5) is 4.80. The minimum absolute atomic E-state index is 0.439. The third-order valence-corrected chi connectivity index (χ3v) is 5.07. The standard InChI is InChI=1S/C23H27N9/c1-15(2)11-21-25-22(12-16(3)4)31(28-21)14-17-5-7-18(8-6-17)32-19(13-24)9-10-20(32)23-26-29-30-27-23/h5-10,15-16H,11-12,14H2,1-4H3,(H,26,27,29,30). The normalized spacial score (nSPS) is 11.4. The molecular weight excluding hydrogens is 402 g/mol. The molecule has 164 valence electrons. The number of aromatic nitrogens is 8. The molecule has 0 bridgehead atoms. The summed E-state index contributed by atoms with van der Waals surface area (Å²) >= 11 is 0. The summed E-state index contributed by atoms with van der Waals surface area (Å²) in [6.45, 7) is 9.41. The monoisotopic (exact) mass is 429 g/mol. The summed E-state index contributed by atoms with van der Waals surface area (Å²) in [6.07, 6.45) is 1.77. The highest BCUT2D eigenvalue weighted by Crippen LogP contribution is 2.24. The third kappa shape index (κ3) is 4.59. The minimum Gasteiger partial charge on any atom is -0.298 e. The number of tetrazole rings is 1. The van der Waals surface area contributed by atoms with Gasteiger partial charge in [-0.3, -0.25) is 4.57 Å². The summed E-state index contributed by atoms with van der Waals surface area (Å²) < 4.78 is 3.85. The molecule has 0 spiro atoms. The maximum Gasteiger partial charge on any atom is 0.221 e. The van der Waals surface area contributed by atoms with E-state index in [1.165, 1.54) is 0 Å². The average molecular weight is 430 g/mol. The van der Waals surface area contributed by atoms with E-state index in [0.29, 0.717) is 35.6 Å². The molecule has 0 aliphatic carbocycles. The summed E-state index contributed by atoms with van der Waals surface area (Å²) in [5.41, 5.74) is 3.19. The van der Waals surface area contributed by atoms with E-state index >= 15 is 0 Å². The molecule has 3 aromatic heterocycles. The topological polar surface area (TPSA) is 114 Å². The van der Waals surface area contributed by atoms with Crippen LogP contribution in [0.3, 0.4) is 0 Å². The van der Waals surface area contributed by atoms with Gasteiger partial charge in [0.05, 0.1) is 12.2 Å². The number of hydrogen-bond donors (Lipinski definition) is 1. The van der Waals surface area contributed by atoms with E-state index in [1.807, 2.05) is 27.4 Å². The Bertz CT molecular complexity index is 1210. The van der Waals surface area contributed by atoms with Gasteiger partial charge in [0, 0.05) is 18.5 Å². The van der Waals surface area contributed by atoms with E-state index in [1.54, 1.807) is 6.07 Å². The van der Waals surface area contributed by atoms with Gasteiger partial charge in [-0.05, 0) is 46.9 Å². The zero-order chi connectivity index (χ0) is 22.7. The van der Waals surface area contributed by atoms with Crippen LogP contribution in [0.15, 0.2) is 36.4 Å². The number of nitriles is 1. The molecule has 0 saturated carbocycles. The van der Waals surface area contributed by atoms with Crippen LogP contribution < -0.4 is 0 Å². The molecule has 1 N–H and O–H groups in total. The van der Waals surface area contributed by atoms with E-state index in [4.69, 9.17) is 10.1 Å². The van der Waals surface area contributed by atoms with E-state index in [-0.39, 0.29) is 0 Å². The van der Waals surface area contributed by atoms with Crippen molar-refractivity contribution in [2.45, 2.75) is 47.1 Å². The predicted molar refractivity (Wildman–Crippen MR) is 120 cm³/mol. The van der Waals surface area contributed by atoms with Crippen LogP contribution in [0.5, 0.6) is 0 Å². The fraction of sp³-hybridized carbons (Fsp3) is 0.391. The molecule has 9 nitrogen and oxygen atoms in total. The summed E-state index contributed by atoms with van der Waals surface area (Å²) in [6, 6.07) is 13.9. The summed E-state index contributed by atoms with van der Waals surface area (Å²) in [5, 5.41) is 28.5. The number of nitrogens with zero attached hydrogens (tertiary/aromatic N) is 8. The molecule has 0 aliphatic heterocycles. The molecule has 0 aliphatic rings. The van der Waals surface area contributed by atoms with Crippen LogP contribution >= 0.6 is 0 Å². The van der Waals surface area contributed by atoms with Gasteiger partial charge in [-0.25, -0.2) is 9.67 Å². The Kier molecular flexibility index (Phi) is 6.12. The Balaban J connectivity index is 1.62. The fourth-order valence-electron chi connectivity index (χ4n) is 3.69. The van der Waals surface area contributed by atoms with Crippen LogP contribution in [0.1, 0.15) is 50.6 Å². The second-order valence-corrected chi connectivity index (χ2v) is 8.75. The van der Waals surface area contributed by atoms with Crippen LogP contribution in [-0.4, -0.2) is 40.0 Å². The maximum atomic E-state index is 9.55. The van der Waals surface area contributed by atoms with Crippen LogP contribution in [0.25, 0.3) is 17.2 Å². The molecular formula is C23H27N9. The maximum absolute atomic E-state index is 9.55. The minimum atomic E-state index is 0.439. The lowest BCUT2D eigenvalue weighted by Crippen LogP contribution is -2.10.